The summed E-state index contributed by atoms with van der Waals surface area (Å²) in [5.41, 5.74) is 2.60. The quantitative estimate of drug-likeness (QED) is 0.837. The van der Waals surface area contributed by atoms with E-state index in [1.165, 1.54) is 0 Å². The lowest BCUT2D eigenvalue weighted by atomic mass is 10.2. The minimum atomic E-state index is -3.48. The molecule has 0 saturated carbocycles. The van der Waals surface area contributed by atoms with Gasteiger partial charge in [-0.15, -0.1) is 0 Å². The number of hydrogen-bond donors (Lipinski definition) is 1. The average Bonchev–Trinajstić information content (AvgIpc) is 2.63. The van der Waals surface area contributed by atoms with E-state index in [9.17, 15) is 13.2 Å². The number of morpholine rings is 1. The summed E-state index contributed by atoms with van der Waals surface area (Å²) in [6.45, 7) is 2.34. The van der Waals surface area contributed by atoms with Crippen LogP contribution < -0.4 is 9.62 Å². The van der Waals surface area contributed by atoms with Gasteiger partial charge >= 0.3 is 0 Å². The van der Waals surface area contributed by atoms with Gasteiger partial charge in [0.15, 0.2) is 0 Å². The zero-order valence-corrected chi connectivity index (χ0v) is 15.4. The monoisotopic (exact) mass is 374 g/mol. The van der Waals surface area contributed by atoms with Crippen LogP contribution in [0.4, 0.5) is 5.69 Å². The molecular weight excluding hydrogens is 352 g/mol. The van der Waals surface area contributed by atoms with Crippen molar-refractivity contribution in [3.05, 3.63) is 65.7 Å². The van der Waals surface area contributed by atoms with Gasteiger partial charge in [0.2, 0.25) is 10.0 Å². The summed E-state index contributed by atoms with van der Waals surface area (Å²) in [7, 11) is -3.48. The molecule has 26 heavy (non-hydrogen) atoms. The van der Waals surface area contributed by atoms with Gasteiger partial charge in [-0.3, -0.25) is 4.79 Å². The number of anilines is 1. The molecule has 1 aliphatic rings. The molecule has 2 aromatic carbocycles. The third kappa shape index (κ3) is 4.91. The van der Waals surface area contributed by atoms with Crippen molar-refractivity contribution in [2.24, 2.45) is 0 Å². The van der Waals surface area contributed by atoms with Gasteiger partial charge in [0.1, 0.15) is 6.61 Å². The predicted molar refractivity (Wildman–Crippen MR) is 100 cm³/mol. The van der Waals surface area contributed by atoms with Crippen LogP contribution in [0.2, 0.25) is 0 Å². The predicted octanol–water partition coefficient (Wildman–Crippen LogP) is 1.85. The van der Waals surface area contributed by atoms with E-state index in [-0.39, 0.29) is 30.9 Å². The van der Waals surface area contributed by atoms with Gasteiger partial charge in [0.25, 0.3) is 5.91 Å². The van der Waals surface area contributed by atoms with E-state index >= 15 is 0 Å². The first-order valence-electron chi connectivity index (χ1n) is 8.43. The Hall–Kier alpha value is -2.22. The van der Waals surface area contributed by atoms with Crippen LogP contribution in [0.3, 0.4) is 0 Å². The lowest BCUT2D eigenvalue weighted by Gasteiger charge is -2.32. The van der Waals surface area contributed by atoms with Crippen molar-refractivity contribution in [2.75, 3.05) is 24.6 Å². The van der Waals surface area contributed by atoms with E-state index in [4.69, 9.17) is 4.74 Å². The van der Waals surface area contributed by atoms with E-state index in [0.29, 0.717) is 6.54 Å². The fraction of sp³-hybridized carbons (Fsp3) is 0.316. The molecule has 1 aliphatic heterocycles. The summed E-state index contributed by atoms with van der Waals surface area (Å²) >= 11 is 0. The van der Waals surface area contributed by atoms with Crippen molar-refractivity contribution in [2.45, 2.75) is 18.8 Å². The normalized spacial score (nSPS) is 18.1. The molecule has 2 aromatic rings. The van der Waals surface area contributed by atoms with Gasteiger partial charge in [-0.25, -0.2) is 13.1 Å². The molecular formula is C19H22N2O4S. The van der Waals surface area contributed by atoms with Crippen molar-refractivity contribution in [3.8, 4) is 0 Å². The van der Waals surface area contributed by atoms with Crippen LogP contribution in [-0.4, -0.2) is 40.1 Å². The SMILES string of the molecule is Cc1ccc(CS(=O)(=O)NCC2CN(c3ccccc3)C(=O)CO2)cc1. The third-order valence-electron chi connectivity index (χ3n) is 4.21. The van der Waals surface area contributed by atoms with Crippen LogP contribution in [0.15, 0.2) is 54.6 Å². The minimum Gasteiger partial charge on any atom is -0.365 e. The first-order chi connectivity index (χ1) is 12.4. The van der Waals surface area contributed by atoms with E-state index in [0.717, 1.165) is 16.8 Å². The number of nitrogens with one attached hydrogen (secondary N) is 1. The highest BCUT2D eigenvalue weighted by Gasteiger charge is 2.28. The fourth-order valence-electron chi connectivity index (χ4n) is 2.78. The number of aryl methyl sites for hydroxylation is 1. The molecule has 3 rings (SSSR count). The van der Waals surface area contributed by atoms with E-state index in [2.05, 4.69) is 4.72 Å². The van der Waals surface area contributed by atoms with Crippen molar-refractivity contribution >= 4 is 21.6 Å². The topological polar surface area (TPSA) is 75.7 Å². The smallest absolute Gasteiger partial charge is 0.253 e. The molecule has 7 heteroatoms. The first-order valence-corrected chi connectivity index (χ1v) is 10.1. The summed E-state index contributed by atoms with van der Waals surface area (Å²) in [5, 5.41) is 0. The number of benzene rings is 2. The van der Waals surface area contributed by atoms with Crippen molar-refractivity contribution in [1.29, 1.82) is 0 Å². The van der Waals surface area contributed by atoms with Gasteiger partial charge in [-0.1, -0.05) is 48.0 Å². The Balaban J connectivity index is 1.58. The fourth-order valence-corrected chi connectivity index (χ4v) is 3.95. The van der Waals surface area contributed by atoms with E-state index < -0.39 is 10.0 Å². The lowest BCUT2D eigenvalue weighted by molar-refractivity contribution is -0.129. The molecule has 1 fully saturated rings. The Labute approximate surface area is 153 Å². The van der Waals surface area contributed by atoms with Crippen LogP contribution in [0.5, 0.6) is 0 Å². The maximum absolute atomic E-state index is 12.3. The zero-order chi connectivity index (χ0) is 18.6. The Morgan fingerprint density at radius 1 is 1.12 bits per heavy atom. The molecule has 6 nitrogen and oxygen atoms in total. The molecule has 0 aromatic heterocycles. The summed E-state index contributed by atoms with van der Waals surface area (Å²) in [4.78, 5) is 13.7. The highest BCUT2D eigenvalue weighted by atomic mass is 32.2. The van der Waals surface area contributed by atoms with Crippen LogP contribution >= 0.6 is 0 Å². The molecule has 0 radical (unpaired) electrons. The van der Waals surface area contributed by atoms with Gasteiger partial charge < -0.3 is 9.64 Å². The Kier molecular flexibility index (Phi) is 5.70. The number of amides is 1. The number of ether oxygens (including phenoxy) is 1. The standard InChI is InChI=1S/C19H22N2O4S/c1-15-7-9-16(10-8-15)14-26(23,24)20-11-18-12-21(19(22)13-25-18)17-5-3-2-4-6-17/h2-10,18,20H,11-14H2,1H3. The van der Waals surface area contributed by atoms with E-state index in [1.807, 2.05) is 61.5 Å². The lowest BCUT2D eigenvalue weighted by Crippen LogP contribution is -2.50. The maximum atomic E-state index is 12.3. The van der Waals surface area contributed by atoms with Crippen LogP contribution in [0, 0.1) is 6.92 Å². The van der Waals surface area contributed by atoms with Gasteiger partial charge in [-0.2, -0.15) is 0 Å². The molecule has 1 heterocycles. The number of para-hydroxylation sites is 1. The van der Waals surface area contributed by atoms with Gasteiger partial charge in [-0.05, 0) is 24.6 Å². The third-order valence-corrected chi connectivity index (χ3v) is 5.53. The summed E-state index contributed by atoms with van der Waals surface area (Å²) < 4.78 is 32.7. The number of nitrogens with zero attached hydrogens (tertiary/aromatic N) is 1. The Morgan fingerprint density at radius 2 is 1.81 bits per heavy atom. The Bertz CT molecular complexity index is 851. The molecule has 1 unspecified atom stereocenters. The minimum absolute atomic E-state index is 0.0563. The average molecular weight is 374 g/mol. The maximum Gasteiger partial charge on any atom is 0.253 e. The van der Waals surface area contributed by atoms with Gasteiger partial charge in [0.05, 0.1) is 18.4 Å². The zero-order valence-electron chi connectivity index (χ0n) is 14.6. The number of hydrogen-bond acceptors (Lipinski definition) is 4. The number of carbonyl (C=O) groups excluding carboxylic acids is 1. The molecule has 0 bridgehead atoms. The van der Waals surface area contributed by atoms with Gasteiger partial charge in [0, 0.05) is 12.2 Å². The molecule has 138 valence electrons. The molecule has 1 saturated heterocycles. The van der Waals surface area contributed by atoms with Crippen molar-refractivity contribution in [1.82, 2.24) is 4.72 Å². The summed E-state index contributed by atoms with van der Waals surface area (Å²) in [5.74, 6) is -0.212. The number of sulfonamides is 1. The molecule has 1 atom stereocenters. The highest BCUT2D eigenvalue weighted by Crippen LogP contribution is 2.18. The number of carbonyl (C=O) groups is 1. The molecule has 1 amide bonds. The second kappa shape index (κ2) is 7.99. The van der Waals surface area contributed by atoms with E-state index in [1.54, 1.807) is 4.90 Å². The van der Waals surface area contributed by atoms with Crippen LogP contribution in [0.25, 0.3) is 0 Å². The second-order valence-electron chi connectivity index (χ2n) is 6.37. The summed E-state index contributed by atoms with van der Waals surface area (Å²) in [6, 6.07) is 16.7. The molecule has 0 spiro atoms. The van der Waals surface area contributed by atoms with Crippen LogP contribution in [0.1, 0.15) is 11.1 Å². The largest absolute Gasteiger partial charge is 0.365 e. The van der Waals surface area contributed by atoms with Crippen molar-refractivity contribution < 1.29 is 17.9 Å². The first kappa shape index (κ1) is 18.6. The number of rotatable bonds is 6. The molecule has 0 aliphatic carbocycles. The van der Waals surface area contributed by atoms with Crippen LogP contribution in [-0.2, 0) is 25.3 Å². The Morgan fingerprint density at radius 3 is 2.50 bits per heavy atom. The molecule has 1 N–H and O–H groups in total. The highest BCUT2D eigenvalue weighted by molar-refractivity contribution is 7.88. The van der Waals surface area contributed by atoms with Crippen molar-refractivity contribution in [3.63, 3.8) is 0 Å². The summed E-state index contributed by atoms with van der Waals surface area (Å²) in [6.07, 6.45) is -0.388. The second-order valence-corrected chi connectivity index (χ2v) is 8.17.